The van der Waals surface area contributed by atoms with Crippen LogP contribution in [0, 0.1) is 0 Å². The van der Waals surface area contributed by atoms with Crippen molar-refractivity contribution in [1.82, 2.24) is 9.62 Å². The van der Waals surface area contributed by atoms with Gasteiger partial charge >= 0.3 is 0 Å². The van der Waals surface area contributed by atoms with E-state index in [4.69, 9.17) is 4.42 Å². The van der Waals surface area contributed by atoms with Crippen molar-refractivity contribution in [2.24, 2.45) is 0 Å². The van der Waals surface area contributed by atoms with E-state index < -0.39 is 10.0 Å². The van der Waals surface area contributed by atoms with Gasteiger partial charge in [-0.25, -0.2) is 8.42 Å². The number of hydrogen-bond acceptors (Lipinski definition) is 4. The highest BCUT2D eigenvalue weighted by Crippen LogP contribution is 2.21. The van der Waals surface area contributed by atoms with E-state index in [1.807, 2.05) is 41.5 Å². The van der Waals surface area contributed by atoms with Crippen LogP contribution in [0.5, 0.6) is 0 Å². The number of sulfonamides is 1. The molecule has 0 spiro atoms. The van der Waals surface area contributed by atoms with Crippen molar-refractivity contribution in [1.29, 1.82) is 0 Å². The van der Waals surface area contributed by atoms with Gasteiger partial charge in [-0.15, -0.1) is 0 Å². The highest BCUT2D eigenvalue weighted by atomic mass is 32.2. The highest BCUT2D eigenvalue weighted by Gasteiger charge is 2.28. The summed E-state index contributed by atoms with van der Waals surface area (Å²) < 4.78 is 31.8. The van der Waals surface area contributed by atoms with Crippen LogP contribution < -0.4 is 5.32 Å². The van der Waals surface area contributed by atoms with Crippen LogP contribution in [-0.4, -0.2) is 30.8 Å². The molecule has 5 nitrogen and oxygen atoms in total. The van der Waals surface area contributed by atoms with Crippen molar-refractivity contribution in [3.05, 3.63) is 17.9 Å². The number of nitrogens with one attached hydrogen (secondary N) is 1. The lowest BCUT2D eigenvalue weighted by Gasteiger charge is -2.22. The molecule has 0 saturated heterocycles. The fraction of sp³-hybridized carbons (Fsp3) is 0.714. The number of rotatable bonds is 6. The fourth-order valence-electron chi connectivity index (χ4n) is 1.87. The van der Waals surface area contributed by atoms with Gasteiger partial charge in [0.25, 0.3) is 10.0 Å². The molecule has 1 N–H and O–H groups in total. The van der Waals surface area contributed by atoms with Crippen LogP contribution in [0.2, 0.25) is 0 Å². The van der Waals surface area contributed by atoms with Crippen molar-refractivity contribution >= 4 is 10.0 Å². The molecule has 1 aromatic heterocycles. The third-order valence-corrected chi connectivity index (χ3v) is 4.91. The molecule has 0 unspecified atom stereocenters. The molecule has 0 bridgehead atoms. The Morgan fingerprint density at radius 1 is 1.30 bits per heavy atom. The minimum absolute atomic E-state index is 0.0127. The van der Waals surface area contributed by atoms with Gasteiger partial charge in [0.05, 0.1) is 6.54 Å². The summed E-state index contributed by atoms with van der Waals surface area (Å²) in [5, 5.41) is 3.28. The fourth-order valence-corrected chi connectivity index (χ4v) is 3.45. The molecule has 1 aromatic rings. The molecule has 0 aromatic carbocycles. The maximum Gasteiger partial charge on any atom is 0.276 e. The summed E-state index contributed by atoms with van der Waals surface area (Å²) in [7, 11) is -3.54. The Kier molecular flexibility index (Phi) is 5.40. The van der Waals surface area contributed by atoms with E-state index >= 15 is 0 Å². The van der Waals surface area contributed by atoms with Crippen LogP contribution in [0.25, 0.3) is 0 Å². The third-order valence-electron chi connectivity index (χ3n) is 2.88. The second kappa shape index (κ2) is 6.28. The zero-order valence-electron chi connectivity index (χ0n) is 13.2. The van der Waals surface area contributed by atoms with Crippen molar-refractivity contribution in [2.45, 2.75) is 64.8 Å². The molecule has 20 heavy (non-hydrogen) atoms. The van der Waals surface area contributed by atoms with Crippen LogP contribution in [0.15, 0.2) is 21.6 Å². The smallest absolute Gasteiger partial charge is 0.276 e. The van der Waals surface area contributed by atoms with Gasteiger partial charge in [0, 0.05) is 18.1 Å². The van der Waals surface area contributed by atoms with Gasteiger partial charge in [-0.3, -0.25) is 0 Å². The second-order valence-electron chi connectivity index (χ2n) is 6.13. The number of furan rings is 1. The summed E-state index contributed by atoms with van der Waals surface area (Å²) in [5.41, 5.74) is -0.0424. The first-order valence-corrected chi connectivity index (χ1v) is 8.37. The van der Waals surface area contributed by atoms with Gasteiger partial charge < -0.3 is 9.73 Å². The van der Waals surface area contributed by atoms with E-state index in [2.05, 4.69) is 5.32 Å². The molecule has 116 valence electrons. The topological polar surface area (TPSA) is 62.6 Å². The van der Waals surface area contributed by atoms with E-state index in [0.717, 1.165) is 0 Å². The zero-order chi connectivity index (χ0) is 15.6. The van der Waals surface area contributed by atoms with Crippen LogP contribution in [-0.2, 0) is 16.6 Å². The Hall–Kier alpha value is -0.850. The van der Waals surface area contributed by atoms with Gasteiger partial charge in [-0.2, -0.15) is 4.31 Å². The van der Waals surface area contributed by atoms with Gasteiger partial charge in [0.2, 0.25) is 5.09 Å². The van der Waals surface area contributed by atoms with Crippen molar-refractivity contribution in [2.75, 3.05) is 6.54 Å². The summed E-state index contributed by atoms with van der Waals surface area (Å²) in [6.45, 7) is 12.6. The predicted octanol–water partition coefficient (Wildman–Crippen LogP) is 2.59. The van der Waals surface area contributed by atoms with E-state index in [1.54, 1.807) is 6.07 Å². The molecule has 1 rings (SSSR count). The van der Waals surface area contributed by atoms with E-state index in [9.17, 15) is 8.42 Å². The first kappa shape index (κ1) is 17.2. The lowest BCUT2D eigenvalue weighted by Crippen LogP contribution is -2.36. The summed E-state index contributed by atoms with van der Waals surface area (Å²) in [6, 6.07) is 3.14. The average Bonchev–Trinajstić information content (AvgIpc) is 2.74. The van der Waals surface area contributed by atoms with Crippen molar-refractivity contribution < 1.29 is 12.8 Å². The van der Waals surface area contributed by atoms with Gasteiger partial charge in [-0.1, -0.05) is 6.92 Å². The number of nitrogens with zero attached hydrogens (tertiary/aromatic N) is 1. The summed E-state index contributed by atoms with van der Waals surface area (Å²) in [4.78, 5) is 0. The molecule has 0 atom stereocenters. The predicted molar refractivity (Wildman–Crippen MR) is 80.0 cm³/mol. The molecule has 0 radical (unpaired) electrons. The molecule has 0 fully saturated rings. The molecule has 0 aliphatic carbocycles. The molecular formula is C14H26N2O3S. The molecule has 6 heteroatoms. The summed E-state index contributed by atoms with van der Waals surface area (Å²) in [5.74, 6) is 0.623. The largest absolute Gasteiger partial charge is 0.447 e. The Labute approximate surface area is 122 Å². The molecule has 1 heterocycles. The maximum absolute atomic E-state index is 12.4. The molecule has 0 aliphatic rings. The van der Waals surface area contributed by atoms with Crippen LogP contribution in [0.4, 0.5) is 0 Å². The van der Waals surface area contributed by atoms with Crippen LogP contribution >= 0.6 is 0 Å². The van der Waals surface area contributed by atoms with Crippen LogP contribution in [0.1, 0.15) is 47.3 Å². The Bertz CT molecular complexity index is 527. The minimum atomic E-state index is -3.54. The van der Waals surface area contributed by atoms with E-state index in [1.165, 1.54) is 10.4 Å². The standard InChI is InChI=1S/C14H26N2O3S/c1-7-16(11(2)3)20(17,18)13-9-8-12(19-13)10-15-14(4,5)6/h8-9,11,15H,7,10H2,1-6H3. The average molecular weight is 302 g/mol. The Morgan fingerprint density at radius 3 is 2.35 bits per heavy atom. The van der Waals surface area contributed by atoms with Crippen molar-refractivity contribution in [3.8, 4) is 0 Å². The Morgan fingerprint density at radius 2 is 1.90 bits per heavy atom. The Balaban J connectivity index is 2.91. The maximum atomic E-state index is 12.4. The van der Waals surface area contributed by atoms with Crippen LogP contribution in [0.3, 0.4) is 0 Å². The van der Waals surface area contributed by atoms with Gasteiger partial charge in [0.1, 0.15) is 5.76 Å². The van der Waals surface area contributed by atoms with Crippen molar-refractivity contribution in [3.63, 3.8) is 0 Å². The summed E-state index contributed by atoms with van der Waals surface area (Å²) in [6.07, 6.45) is 0. The molecule has 0 aliphatic heterocycles. The third kappa shape index (κ3) is 4.33. The molecule has 0 saturated carbocycles. The molecular weight excluding hydrogens is 276 g/mol. The molecule has 0 amide bonds. The highest BCUT2D eigenvalue weighted by molar-refractivity contribution is 7.89. The quantitative estimate of drug-likeness (QED) is 0.877. The van der Waals surface area contributed by atoms with E-state index in [0.29, 0.717) is 18.8 Å². The monoisotopic (exact) mass is 302 g/mol. The normalized spacial score (nSPS) is 13.4. The van der Waals surface area contributed by atoms with E-state index in [-0.39, 0.29) is 16.7 Å². The minimum Gasteiger partial charge on any atom is -0.447 e. The zero-order valence-corrected chi connectivity index (χ0v) is 14.0. The lowest BCUT2D eigenvalue weighted by molar-refractivity contribution is 0.330. The van der Waals surface area contributed by atoms with Gasteiger partial charge in [-0.05, 0) is 46.8 Å². The lowest BCUT2D eigenvalue weighted by atomic mass is 10.1. The van der Waals surface area contributed by atoms with Gasteiger partial charge in [0.15, 0.2) is 0 Å². The summed E-state index contributed by atoms with van der Waals surface area (Å²) >= 11 is 0. The SMILES string of the molecule is CCN(C(C)C)S(=O)(=O)c1ccc(CNC(C)(C)C)o1. The first-order chi connectivity index (χ1) is 9.08. The second-order valence-corrected chi connectivity index (χ2v) is 7.95. The number of hydrogen-bond donors (Lipinski definition) is 1. The first-order valence-electron chi connectivity index (χ1n) is 6.93.